The molecule has 0 aromatic rings. The molecule has 0 nitrogen and oxygen atoms in total. The van der Waals surface area contributed by atoms with Crippen molar-refractivity contribution < 1.29 is 0 Å². The molecule has 0 heteroatoms. The van der Waals surface area contributed by atoms with Gasteiger partial charge in [0.15, 0.2) is 0 Å². The fourth-order valence-corrected chi connectivity index (χ4v) is 4.80. The summed E-state index contributed by atoms with van der Waals surface area (Å²) in [5.41, 5.74) is 0. The van der Waals surface area contributed by atoms with Crippen LogP contribution in [-0.4, -0.2) is 0 Å². The minimum absolute atomic E-state index is 1.31. The van der Waals surface area contributed by atoms with Crippen molar-refractivity contribution in [2.45, 2.75) is 194 Å². The highest BCUT2D eigenvalue weighted by atomic mass is 14.0. The molecule has 0 spiro atoms. The monoisotopic (exact) mass is 449 g/mol. The van der Waals surface area contributed by atoms with Crippen LogP contribution in [0, 0.1) is 0 Å². The van der Waals surface area contributed by atoms with Crippen molar-refractivity contribution in [1.82, 2.24) is 0 Å². The van der Waals surface area contributed by atoms with E-state index in [4.69, 9.17) is 0 Å². The van der Waals surface area contributed by atoms with Gasteiger partial charge >= 0.3 is 0 Å². The van der Waals surface area contributed by atoms with E-state index < -0.39 is 0 Å². The quantitative estimate of drug-likeness (QED) is 0.0824. The average molecular weight is 449 g/mol. The molecule has 0 aliphatic rings. The molecule has 192 valence electrons. The second-order valence-electron chi connectivity index (χ2n) is 10.5. The van der Waals surface area contributed by atoms with E-state index >= 15 is 0 Å². The number of hydrogen-bond acceptors (Lipinski definition) is 0. The third-order valence-corrected chi connectivity index (χ3v) is 7.12. The zero-order valence-electron chi connectivity index (χ0n) is 23.0. The van der Waals surface area contributed by atoms with Crippen LogP contribution in [0.15, 0.2) is 12.2 Å². The van der Waals surface area contributed by atoms with E-state index in [0.717, 1.165) is 0 Å². The first-order valence-corrected chi connectivity index (χ1v) is 15.6. The van der Waals surface area contributed by atoms with Crippen molar-refractivity contribution in [2.24, 2.45) is 0 Å². The van der Waals surface area contributed by atoms with Crippen molar-refractivity contribution in [3.05, 3.63) is 12.2 Å². The fourth-order valence-electron chi connectivity index (χ4n) is 4.80. The Balaban J connectivity index is 3.06. The fraction of sp³-hybridized carbons (Fsp3) is 0.938. The van der Waals surface area contributed by atoms with Gasteiger partial charge in [-0.2, -0.15) is 0 Å². The van der Waals surface area contributed by atoms with Crippen LogP contribution in [0.2, 0.25) is 0 Å². The van der Waals surface area contributed by atoms with E-state index in [9.17, 15) is 0 Å². The lowest BCUT2D eigenvalue weighted by Crippen LogP contribution is -1.83. The number of unbranched alkanes of at least 4 members (excludes halogenated alkanes) is 26. The van der Waals surface area contributed by atoms with Gasteiger partial charge < -0.3 is 0 Å². The van der Waals surface area contributed by atoms with E-state index in [0.29, 0.717) is 0 Å². The Hall–Kier alpha value is -0.260. The van der Waals surface area contributed by atoms with Gasteiger partial charge in [-0.1, -0.05) is 180 Å². The summed E-state index contributed by atoms with van der Waals surface area (Å²) in [6.45, 7) is 4.61. The number of hydrogen-bond donors (Lipinski definition) is 0. The highest BCUT2D eigenvalue weighted by Crippen LogP contribution is 2.15. The summed E-state index contributed by atoms with van der Waals surface area (Å²) >= 11 is 0. The van der Waals surface area contributed by atoms with Gasteiger partial charge in [0.25, 0.3) is 0 Å². The molecule has 0 radical (unpaired) electrons. The summed E-state index contributed by atoms with van der Waals surface area (Å²) in [6, 6.07) is 0. The SMILES string of the molecule is CCCCCCCCCCCCC=CCCCCCCCCCCCCCCCCCC. The predicted molar refractivity (Wildman–Crippen MR) is 150 cm³/mol. The lowest BCUT2D eigenvalue weighted by molar-refractivity contribution is 0.530. The van der Waals surface area contributed by atoms with Crippen LogP contribution in [-0.2, 0) is 0 Å². The molecule has 0 heterocycles. The van der Waals surface area contributed by atoms with E-state index in [1.807, 2.05) is 0 Å². The first-order valence-electron chi connectivity index (χ1n) is 15.6. The average Bonchev–Trinajstić information content (AvgIpc) is 2.81. The van der Waals surface area contributed by atoms with Gasteiger partial charge in [-0.25, -0.2) is 0 Å². The van der Waals surface area contributed by atoms with Gasteiger partial charge in [0.1, 0.15) is 0 Å². The third-order valence-electron chi connectivity index (χ3n) is 7.12. The van der Waals surface area contributed by atoms with Crippen molar-refractivity contribution in [3.63, 3.8) is 0 Å². The lowest BCUT2D eigenvalue weighted by Gasteiger charge is -2.03. The largest absolute Gasteiger partial charge is 0.0885 e. The normalized spacial score (nSPS) is 11.7. The summed E-state index contributed by atoms with van der Waals surface area (Å²) in [6.07, 6.45) is 45.4. The van der Waals surface area contributed by atoms with E-state index in [1.165, 1.54) is 180 Å². The minimum Gasteiger partial charge on any atom is -0.0885 e. The maximum atomic E-state index is 2.46. The molecular formula is C32H64. The van der Waals surface area contributed by atoms with Crippen LogP contribution in [0.25, 0.3) is 0 Å². The smallest absolute Gasteiger partial charge is 0.0351 e. The zero-order valence-corrected chi connectivity index (χ0v) is 23.0. The molecule has 0 fully saturated rings. The second-order valence-corrected chi connectivity index (χ2v) is 10.5. The molecule has 0 N–H and O–H groups in total. The molecule has 0 saturated carbocycles. The van der Waals surface area contributed by atoms with E-state index in [-0.39, 0.29) is 0 Å². The highest BCUT2D eigenvalue weighted by molar-refractivity contribution is 4.81. The van der Waals surface area contributed by atoms with Crippen molar-refractivity contribution >= 4 is 0 Å². The predicted octanol–water partition coefficient (Wildman–Crippen LogP) is 12.5. The Kier molecular flexibility index (Phi) is 30.5. The van der Waals surface area contributed by atoms with Crippen molar-refractivity contribution in [2.75, 3.05) is 0 Å². The van der Waals surface area contributed by atoms with Crippen LogP contribution in [0.4, 0.5) is 0 Å². The van der Waals surface area contributed by atoms with E-state index in [2.05, 4.69) is 26.0 Å². The van der Waals surface area contributed by atoms with Crippen LogP contribution in [0.3, 0.4) is 0 Å². The van der Waals surface area contributed by atoms with Gasteiger partial charge in [-0.3, -0.25) is 0 Å². The highest BCUT2D eigenvalue weighted by Gasteiger charge is 1.95. The first-order chi connectivity index (χ1) is 15.9. The molecule has 0 unspecified atom stereocenters. The summed E-state index contributed by atoms with van der Waals surface area (Å²) in [5.74, 6) is 0. The Morgan fingerprint density at radius 1 is 0.250 bits per heavy atom. The molecule has 0 amide bonds. The van der Waals surface area contributed by atoms with Crippen molar-refractivity contribution in [1.29, 1.82) is 0 Å². The molecule has 0 rings (SSSR count). The minimum atomic E-state index is 1.31. The maximum Gasteiger partial charge on any atom is -0.0351 e. The van der Waals surface area contributed by atoms with Gasteiger partial charge in [0.05, 0.1) is 0 Å². The molecule has 0 saturated heterocycles. The van der Waals surface area contributed by atoms with Crippen LogP contribution < -0.4 is 0 Å². The number of rotatable bonds is 28. The van der Waals surface area contributed by atoms with Crippen LogP contribution in [0.1, 0.15) is 194 Å². The summed E-state index contributed by atoms with van der Waals surface area (Å²) in [4.78, 5) is 0. The molecule has 0 aromatic carbocycles. The first kappa shape index (κ1) is 31.7. The van der Waals surface area contributed by atoms with Gasteiger partial charge in [0, 0.05) is 0 Å². The van der Waals surface area contributed by atoms with Crippen LogP contribution in [0.5, 0.6) is 0 Å². The molecule has 0 bridgehead atoms. The molecule has 0 aliphatic heterocycles. The second kappa shape index (κ2) is 30.7. The summed E-state index contributed by atoms with van der Waals surface area (Å²) in [5, 5.41) is 0. The van der Waals surface area contributed by atoms with Crippen LogP contribution >= 0.6 is 0 Å². The zero-order chi connectivity index (χ0) is 23.2. The van der Waals surface area contributed by atoms with Crippen molar-refractivity contribution in [3.8, 4) is 0 Å². The Morgan fingerprint density at radius 3 is 0.656 bits per heavy atom. The molecule has 0 aromatic heterocycles. The van der Waals surface area contributed by atoms with Gasteiger partial charge in [-0.15, -0.1) is 0 Å². The van der Waals surface area contributed by atoms with Gasteiger partial charge in [0.2, 0.25) is 0 Å². The Morgan fingerprint density at radius 2 is 0.438 bits per heavy atom. The van der Waals surface area contributed by atoms with Gasteiger partial charge in [-0.05, 0) is 25.7 Å². The Labute approximate surface area is 205 Å². The molecule has 0 aliphatic carbocycles. The summed E-state index contributed by atoms with van der Waals surface area (Å²) < 4.78 is 0. The standard InChI is InChI=1S/C32H64/c1-3-5-7-9-11-13-15-17-19-21-23-25-27-29-31-32-30-28-26-24-22-20-18-16-14-12-10-8-6-4-2/h25,27H,3-24,26,28-32H2,1-2H3. The maximum absolute atomic E-state index is 2.46. The molecular weight excluding hydrogens is 384 g/mol. The topological polar surface area (TPSA) is 0 Å². The van der Waals surface area contributed by atoms with E-state index in [1.54, 1.807) is 0 Å². The third kappa shape index (κ3) is 29.7. The number of allylic oxidation sites excluding steroid dienone is 2. The molecule has 0 atom stereocenters. The Bertz CT molecular complexity index is 329. The lowest BCUT2D eigenvalue weighted by atomic mass is 10.0. The molecule has 32 heavy (non-hydrogen) atoms. The summed E-state index contributed by atoms with van der Waals surface area (Å²) in [7, 11) is 0.